The van der Waals surface area contributed by atoms with Gasteiger partial charge < -0.3 is 19.6 Å². The van der Waals surface area contributed by atoms with Gasteiger partial charge in [-0.25, -0.2) is 4.79 Å². The fourth-order valence-corrected chi connectivity index (χ4v) is 4.14. The van der Waals surface area contributed by atoms with Crippen molar-refractivity contribution >= 4 is 35.0 Å². The van der Waals surface area contributed by atoms with Crippen LogP contribution in [0.15, 0.2) is 30.5 Å². The van der Waals surface area contributed by atoms with E-state index in [0.717, 1.165) is 22.8 Å². The van der Waals surface area contributed by atoms with Crippen LogP contribution in [0.3, 0.4) is 0 Å². The molecule has 1 aromatic heterocycles. The molecule has 2 atom stereocenters. The van der Waals surface area contributed by atoms with E-state index < -0.39 is 23.2 Å². The lowest BCUT2D eigenvalue weighted by atomic mass is 9.75. The van der Waals surface area contributed by atoms with Gasteiger partial charge in [0.05, 0.1) is 23.5 Å². The van der Waals surface area contributed by atoms with E-state index in [1.165, 1.54) is 18.6 Å². The van der Waals surface area contributed by atoms with Crippen molar-refractivity contribution in [2.24, 2.45) is 5.41 Å². The summed E-state index contributed by atoms with van der Waals surface area (Å²) in [6, 6.07) is 7.53. The van der Waals surface area contributed by atoms with Gasteiger partial charge in [-0.15, -0.1) is 0 Å². The number of Topliss-reactive ketones (excluding diaryl/α,β-unsaturated/α-hetero) is 1. The minimum atomic E-state index is -1.03. The third-order valence-corrected chi connectivity index (χ3v) is 5.87. The molecule has 8 nitrogen and oxygen atoms in total. The number of nitrogens with one attached hydrogen (secondary N) is 1. The lowest BCUT2D eigenvalue weighted by Gasteiger charge is -2.33. The van der Waals surface area contributed by atoms with Gasteiger partial charge in [0.2, 0.25) is 5.91 Å². The molecule has 0 bridgehead atoms. The Morgan fingerprint density at radius 2 is 1.85 bits per heavy atom. The summed E-state index contributed by atoms with van der Waals surface area (Å²) in [7, 11) is 1.44. The third kappa shape index (κ3) is 6.76. The smallest absolute Gasteiger partial charge is 0.419 e. The first-order chi connectivity index (χ1) is 16.0. The maximum Gasteiger partial charge on any atom is 0.419 e. The van der Waals surface area contributed by atoms with Crippen molar-refractivity contribution < 1.29 is 28.7 Å². The molecule has 2 aromatic rings. The highest BCUT2D eigenvalue weighted by Gasteiger charge is 2.39. The van der Waals surface area contributed by atoms with Crippen LogP contribution in [-0.4, -0.2) is 54.0 Å². The SMILES string of the molecule is CC[C@@](C=O)(CC(C)=O)[C@H](CC(=O)NCCc1cn(C(=O)OC(C)(C)C)c2ccccc12)OC. The second-order valence-corrected chi connectivity index (χ2v) is 9.63. The number of benzene rings is 1. The van der Waals surface area contributed by atoms with Crippen molar-refractivity contribution in [2.75, 3.05) is 13.7 Å². The minimum Gasteiger partial charge on any atom is -0.443 e. The molecule has 0 saturated carbocycles. The average molecular weight is 473 g/mol. The first kappa shape index (κ1) is 27.2. The van der Waals surface area contributed by atoms with Gasteiger partial charge in [-0.05, 0) is 52.2 Å². The average Bonchev–Trinajstić information content (AvgIpc) is 3.13. The summed E-state index contributed by atoms with van der Waals surface area (Å²) in [5.41, 5.74) is -0.0110. The molecule has 0 saturated heterocycles. The van der Waals surface area contributed by atoms with E-state index in [1.54, 1.807) is 6.20 Å². The van der Waals surface area contributed by atoms with E-state index >= 15 is 0 Å². The molecule has 0 aliphatic heterocycles. The number of rotatable bonds is 11. The van der Waals surface area contributed by atoms with Crippen molar-refractivity contribution in [3.63, 3.8) is 0 Å². The van der Waals surface area contributed by atoms with Crippen molar-refractivity contribution in [3.05, 3.63) is 36.0 Å². The van der Waals surface area contributed by atoms with Gasteiger partial charge in [-0.3, -0.25) is 14.2 Å². The van der Waals surface area contributed by atoms with Crippen LogP contribution in [0.2, 0.25) is 0 Å². The number of methoxy groups -OCH3 is 1. The molecule has 0 radical (unpaired) electrons. The topological polar surface area (TPSA) is 104 Å². The predicted molar refractivity (Wildman–Crippen MR) is 130 cm³/mol. The van der Waals surface area contributed by atoms with Crippen LogP contribution in [0.4, 0.5) is 4.79 Å². The quantitative estimate of drug-likeness (QED) is 0.495. The molecule has 0 aliphatic rings. The zero-order chi connectivity index (χ0) is 25.5. The summed E-state index contributed by atoms with van der Waals surface area (Å²) in [5.74, 6) is -0.399. The van der Waals surface area contributed by atoms with Crippen LogP contribution in [0.1, 0.15) is 59.4 Å². The second-order valence-electron chi connectivity index (χ2n) is 9.63. The summed E-state index contributed by atoms with van der Waals surface area (Å²) >= 11 is 0. The Hall–Kier alpha value is -3.00. The number of hydrogen-bond donors (Lipinski definition) is 1. The number of fused-ring (bicyclic) bond motifs is 1. The predicted octanol–water partition coefficient (Wildman–Crippen LogP) is 4.06. The molecule has 0 aliphatic carbocycles. The standard InChI is InChI=1S/C26H36N2O6/c1-7-26(17-29,15-18(2)30)22(33-6)14-23(31)27-13-12-19-16-28(24(32)34-25(3,4)5)21-11-9-8-10-20(19)21/h8-11,16-17,22H,7,12-15H2,1-6H3,(H,27,31)/t22-,26-/m0/s1. The number of nitrogens with zero attached hydrogens (tertiary/aromatic N) is 1. The maximum atomic E-state index is 12.7. The van der Waals surface area contributed by atoms with E-state index in [-0.39, 0.29) is 24.5 Å². The Labute approximate surface area is 201 Å². The number of aldehydes is 1. The van der Waals surface area contributed by atoms with Gasteiger partial charge in [0.25, 0.3) is 0 Å². The number of aromatic nitrogens is 1. The van der Waals surface area contributed by atoms with E-state index in [1.807, 2.05) is 52.0 Å². The first-order valence-corrected chi connectivity index (χ1v) is 11.5. The Morgan fingerprint density at radius 3 is 2.41 bits per heavy atom. The van der Waals surface area contributed by atoms with E-state index in [2.05, 4.69) is 5.32 Å². The fraction of sp³-hybridized carbons (Fsp3) is 0.538. The normalized spacial score (nSPS) is 14.3. The highest BCUT2D eigenvalue weighted by atomic mass is 16.6. The molecule has 2 rings (SSSR count). The van der Waals surface area contributed by atoms with E-state index in [4.69, 9.17) is 9.47 Å². The number of amides is 1. The molecule has 0 unspecified atom stereocenters. The van der Waals surface area contributed by atoms with Gasteiger partial charge in [0, 0.05) is 31.7 Å². The van der Waals surface area contributed by atoms with Gasteiger partial charge >= 0.3 is 6.09 Å². The number of ketones is 1. The summed E-state index contributed by atoms with van der Waals surface area (Å²) in [5, 5.41) is 3.77. The van der Waals surface area contributed by atoms with Crippen LogP contribution in [0.5, 0.6) is 0 Å². The third-order valence-electron chi connectivity index (χ3n) is 5.87. The van der Waals surface area contributed by atoms with Crippen molar-refractivity contribution in [3.8, 4) is 0 Å². The minimum absolute atomic E-state index is 0.0307. The van der Waals surface area contributed by atoms with Crippen LogP contribution in [-0.2, 0) is 30.3 Å². The summed E-state index contributed by atoms with van der Waals surface area (Å²) < 4.78 is 12.5. The lowest BCUT2D eigenvalue weighted by molar-refractivity contribution is -0.138. The Morgan fingerprint density at radius 1 is 1.18 bits per heavy atom. The van der Waals surface area contributed by atoms with Gasteiger partial charge in [0.15, 0.2) is 0 Å². The molecular weight excluding hydrogens is 436 g/mol. The van der Waals surface area contributed by atoms with E-state index in [0.29, 0.717) is 19.4 Å². The molecule has 34 heavy (non-hydrogen) atoms. The monoisotopic (exact) mass is 472 g/mol. The Kier molecular flexibility index (Phi) is 9.15. The van der Waals surface area contributed by atoms with Crippen LogP contribution in [0.25, 0.3) is 10.9 Å². The number of carbonyl (C=O) groups excluding carboxylic acids is 4. The molecule has 0 spiro atoms. The van der Waals surface area contributed by atoms with Crippen LogP contribution >= 0.6 is 0 Å². The zero-order valence-electron chi connectivity index (χ0n) is 21.0. The number of hydrogen-bond acceptors (Lipinski definition) is 6. The molecule has 1 heterocycles. The van der Waals surface area contributed by atoms with Gasteiger partial charge in [-0.2, -0.15) is 0 Å². The fourth-order valence-electron chi connectivity index (χ4n) is 4.14. The molecule has 1 N–H and O–H groups in total. The summed E-state index contributed by atoms with van der Waals surface area (Å²) in [6.07, 6.45) is 2.21. The summed E-state index contributed by atoms with van der Waals surface area (Å²) in [4.78, 5) is 48.8. The zero-order valence-corrected chi connectivity index (χ0v) is 21.0. The van der Waals surface area contributed by atoms with Crippen molar-refractivity contribution in [1.29, 1.82) is 0 Å². The Bertz CT molecular complexity index is 1040. The number of carbonyl (C=O) groups is 4. The van der Waals surface area contributed by atoms with Crippen LogP contribution in [0, 0.1) is 5.41 Å². The summed E-state index contributed by atoms with van der Waals surface area (Å²) in [6.45, 7) is 9.01. The number of para-hydroxylation sites is 1. The second kappa shape index (κ2) is 11.4. The maximum absolute atomic E-state index is 12.7. The molecule has 186 valence electrons. The molecular formula is C26H36N2O6. The van der Waals surface area contributed by atoms with E-state index in [9.17, 15) is 19.2 Å². The van der Waals surface area contributed by atoms with Crippen LogP contribution < -0.4 is 5.32 Å². The molecule has 1 amide bonds. The molecule has 1 aromatic carbocycles. The Balaban J connectivity index is 2.09. The molecule has 0 fully saturated rings. The lowest BCUT2D eigenvalue weighted by Crippen LogP contribution is -2.43. The highest BCUT2D eigenvalue weighted by Crippen LogP contribution is 2.32. The number of ether oxygens (including phenoxy) is 2. The van der Waals surface area contributed by atoms with Crippen molar-refractivity contribution in [2.45, 2.75) is 72.0 Å². The van der Waals surface area contributed by atoms with Crippen molar-refractivity contribution in [1.82, 2.24) is 9.88 Å². The molecule has 8 heteroatoms. The van der Waals surface area contributed by atoms with Gasteiger partial charge in [-0.1, -0.05) is 25.1 Å². The first-order valence-electron chi connectivity index (χ1n) is 11.5. The highest BCUT2D eigenvalue weighted by molar-refractivity contribution is 5.92. The van der Waals surface area contributed by atoms with Gasteiger partial charge in [0.1, 0.15) is 17.7 Å². The largest absolute Gasteiger partial charge is 0.443 e.